The highest BCUT2D eigenvalue weighted by Crippen LogP contribution is 2.34. The van der Waals surface area contributed by atoms with Gasteiger partial charge in [0.1, 0.15) is 23.6 Å². The lowest BCUT2D eigenvalue weighted by molar-refractivity contribution is -0.137. The first-order valence-corrected chi connectivity index (χ1v) is 15.3. The number of anilines is 5. The minimum Gasteiger partial charge on any atom is -0.444 e. The highest BCUT2D eigenvalue weighted by molar-refractivity contribution is 6.05. The number of nitrogens with zero attached hydrogens (tertiary/aromatic N) is 6. The summed E-state index contributed by atoms with van der Waals surface area (Å²) in [5.41, 5.74) is 1.08. The molecule has 0 aliphatic carbocycles. The molecule has 0 bridgehead atoms. The fraction of sp³-hybridized carbons (Fsp3) is 0.364. The maximum absolute atomic E-state index is 14.0. The van der Waals surface area contributed by atoms with E-state index >= 15 is 0 Å². The number of nitrogens with one attached hydrogen (secondary N) is 3. The van der Waals surface area contributed by atoms with Gasteiger partial charge in [-0.25, -0.2) is 14.8 Å². The molecule has 5 rings (SSSR count). The molecule has 2 aromatic carbocycles. The van der Waals surface area contributed by atoms with Gasteiger partial charge in [0.25, 0.3) is 5.91 Å². The van der Waals surface area contributed by atoms with Gasteiger partial charge in [-0.2, -0.15) is 23.0 Å². The largest absolute Gasteiger partial charge is 0.444 e. The quantitative estimate of drug-likeness (QED) is 0.206. The SMILES string of the molecule is CNc1cc(-n2nc(C)cc2Nc2cc(NC(=O)c3cc(N4CCN(C(=O)OC(C)(C)C)CC4)cc(C(F)(F)F)c3)ccc2C)ncn1. The maximum atomic E-state index is 14.0. The Hall–Kier alpha value is -5.34. The lowest BCUT2D eigenvalue weighted by atomic mass is 10.1. The van der Waals surface area contributed by atoms with Crippen molar-refractivity contribution in [2.45, 2.75) is 46.4 Å². The summed E-state index contributed by atoms with van der Waals surface area (Å²) in [7, 11) is 1.75. The third kappa shape index (κ3) is 8.14. The molecule has 0 saturated carbocycles. The van der Waals surface area contributed by atoms with E-state index in [0.717, 1.165) is 23.4 Å². The zero-order chi connectivity index (χ0) is 34.8. The van der Waals surface area contributed by atoms with Crippen molar-refractivity contribution in [2.24, 2.45) is 0 Å². The molecule has 1 fully saturated rings. The second-order valence-corrected chi connectivity index (χ2v) is 12.4. The van der Waals surface area contributed by atoms with Gasteiger partial charge >= 0.3 is 12.3 Å². The topological polar surface area (TPSA) is 130 Å². The van der Waals surface area contributed by atoms with E-state index in [1.807, 2.05) is 19.9 Å². The van der Waals surface area contributed by atoms with E-state index < -0.39 is 29.3 Å². The molecule has 0 radical (unpaired) electrons. The highest BCUT2D eigenvalue weighted by Gasteiger charge is 2.33. The van der Waals surface area contributed by atoms with Crippen molar-refractivity contribution in [3.05, 3.63) is 77.2 Å². The lowest BCUT2D eigenvalue weighted by Gasteiger charge is -2.37. The van der Waals surface area contributed by atoms with Crippen LogP contribution in [0, 0.1) is 13.8 Å². The molecular formula is C33H38F3N9O3. The number of carbonyl (C=O) groups excluding carboxylic acids is 2. The fourth-order valence-electron chi connectivity index (χ4n) is 5.10. The van der Waals surface area contributed by atoms with Crippen molar-refractivity contribution in [1.82, 2.24) is 24.6 Å². The van der Waals surface area contributed by atoms with Gasteiger partial charge in [0, 0.05) is 68.0 Å². The highest BCUT2D eigenvalue weighted by atomic mass is 19.4. The molecule has 1 aliphatic heterocycles. The van der Waals surface area contributed by atoms with E-state index in [4.69, 9.17) is 4.74 Å². The molecule has 2 aromatic heterocycles. The van der Waals surface area contributed by atoms with Crippen LogP contribution >= 0.6 is 0 Å². The van der Waals surface area contributed by atoms with Crippen LogP contribution in [0.2, 0.25) is 0 Å². The van der Waals surface area contributed by atoms with Gasteiger partial charge in [0.15, 0.2) is 5.82 Å². The van der Waals surface area contributed by atoms with Crippen LogP contribution in [0.1, 0.15) is 48.0 Å². The summed E-state index contributed by atoms with van der Waals surface area (Å²) < 4.78 is 49.0. The Labute approximate surface area is 276 Å². The van der Waals surface area contributed by atoms with E-state index in [2.05, 4.69) is 31.0 Å². The molecule has 0 spiro atoms. The van der Waals surface area contributed by atoms with E-state index in [0.29, 0.717) is 28.8 Å². The molecular weight excluding hydrogens is 627 g/mol. The summed E-state index contributed by atoms with van der Waals surface area (Å²) in [6, 6.07) is 12.0. The second kappa shape index (κ2) is 13.4. The number of amides is 2. The fourth-order valence-corrected chi connectivity index (χ4v) is 5.10. The monoisotopic (exact) mass is 665 g/mol. The van der Waals surface area contributed by atoms with Crippen molar-refractivity contribution >= 4 is 40.7 Å². The van der Waals surface area contributed by atoms with Crippen LogP contribution < -0.4 is 20.9 Å². The molecule has 2 amide bonds. The zero-order valence-corrected chi connectivity index (χ0v) is 27.6. The van der Waals surface area contributed by atoms with Crippen LogP contribution in [0.15, 0.2) is 54.9 Å². The molecule has 0 unspecified atom stereocenters. The molecule has 1 saturated heterocycles. The van der Waals surface area contributed by atoms with Gasteiger partial charge in [-0.3, -0.25) is 4.79 Å². The normalized spacial score (nSPS) is 13.7. The summed E-state index contributed by atoms with van der Waals surface area (Å²) in [5.74, 6) is 1.04. The Morgan fingerprint density at radius 2 is 1.65 bits per heavy atom. The predicted molar refractivity (Wildman–Crippen MR) is 177 cm³/mol. The molecule has 15 heteroatoms. The van der Waals surface area contributed by atoms with E-state index in [1.165, 1.54) is 17.3 Å². The first-order valence-electron chi connectivity index (χ1n) is 15.3. The van der Waals surface area contributed by atoms with Crippen molar-refractivity contribution in [1.29, 1.82) is 0 Å². The van der Waals surface area contributed by atoms with Gasteiger partial charge in [-0.05, 0) is 70.5 Å². The molecule has 4 aromatic rings. The standard InChI is InChI=1S/C33H38F3N9O3/c1-20-7-8-24(17-26(20)41-29-13-21(2)42-45(29)28-18-27(37-6)38-19-39-28)40-30(46)22-14-23(33(34,35)36)16-25(15-22)43-9-11-44(12-10-43)31(47)48-32(3,4)5/h7-8,13-19,41H,9-12H2,1-6H3,(H,40,46)(H,37,38,39). The number of aryl methyl sites for hydroxylation is 2. The molecule has 12 nitrogen and oxygen atoms in total. The summed E-state index contributed by atoms with van der Waals surface area (Å²) in [4.78, 5) is 37.6. The van der Waals surface area contributed by atoms with Crippen LogP contribution in [-0.2, 0) is 10.9 Å². The Kier molecular flexibility index (Phi) is 9.50. The number of alkyl halides is 3. The maximum Gasteiger partial charge on any atom is 0.416 e. The molecule has 3 heterocycles. The Bertz CT molecular complexity index is 1810. The molecule has 254 valence electrons. The Morgan fingerprint density at radius 1 is 0.917 bits per heavy atom. The molecule has 48 heavy (non-hydrogen) atoms. The number of ether oxygens (including phenoxy) is 1. The van der Waals surface area contributed by atoms with Crippen molar-refractivity contribution in [3.63, 3.8) is 0 Å². The van der Waals surface area contributed by atoms with Gasteiger partial charge in [0.2, 0.25) is 0 Å². The third-order valence-corrected chi connectivity index (χ3v) is 7.52. The van der Waals surface area contributed by atoms with Gasteiger partial charge < -0.3 is 30.5 Å². The van der Waals surface area contributed by atoms with Gasteiger partial charge in [0.05, 0.1) is 11.3 Å². The van der Waals surface area contributed by atoms with Crippen LogP contribution in [0.5, 0.6) is 0 Å². The van der Waals surface area contributed by atoms with E-state index in [9.17, 15) is 22.8 Å². The number of hydrogen-bond donors (Lipinski definition) is 3. The van der Waals surface area contributed by atoms with Crippen LogP contribution in [-0.4, -0.2) is 75.5 Å². The van der Waals surface area contributed by atoms with E-state index in [-0.39, 0.29) is 37.4 Å². The molecule has 3 N–H and O–H groups in total. The van der Waals surface area contributed by atoms with E-state index in [1.54, 1.807) is 61.7 Å². The first kappa shape index (κ1) is 34.0. The number of benzene rings is 2. The summed E-state index contributed by atoms with van der Waals surface area (Å²) in [6.07, 6.45) is -3.73. The van der Waals surface area contributed by atoms with Crippen LogP contribution in [0.4, 0.5) is 46.7 Å². The average Bonchev–Trinajstić information content (AvgIpc) is 3.40. The second-order valence-electron chi connectivity index (χ2n) is 12.4. The zero-order valence-electron chi connectivity index (χ0n) is 27.6. The summed E-state index contributed by atoms with van der Waals surface area (Å²) >= 11 is 0. The number of piperazine rings is 1. The number of halogens is 3. The molecule has 0 atom stereocenters. The van der Waals surface area contributed by atoms with Gasteiger partial charge in [-0.15, -0.1) is 0 Å². The minimum absolute atomic E-state index is 0.151. The van der Waals surface area contributed by atoms with Crippen LogP contribution in [0.25, 0.3) is 5.82 Å². The predicted octanol–water partition coefficient (Wildman–Crippen LogP) is 6.39. The Balaban J connectivity index is 1.35. The number of hydrogen-bond acceptors (Lipinski definition) is 9. The Morgan fingerprint density at radius 3 is 2.31 bits per heavy atom. The van der Waals surface area contributed by atoms with Crippen molar-refractivity contribution in [3.8, 4) is 5.82 Å². The number of carbonyl (C=O) groups is 2. The third-order valence-electron chi connectivity index (χ3n) is 7.52. The van der Waals surface area contributed by atoms with Crippen LogP contribution in [0.3, 0.4) is 0 Å². The van der Waals surface area contributed by atoms with Crippen molar-refractivity contribution in [2.75, 3.05) is 54.1 Å². The minimum atomic E-state index is -4.68. The summed E-state index contributed by atoms with van der Waals surface area (Å²) in [6.45, 7) is 10.1. The smallest absolute Gasteiger partial charge is 0.416 e. The summed E-state index contributed by atoms with van der Waals surface area (Å²) in [5, 5.41) is 13.6. The lowest BCUT2D eigenvalue weighted by Crippen LogP contribution is -2.50. The first-order chi connectivity index (χ1) is 22.6. The molecule has 1 aliphatic rings. The van der Waals surface area contributed by atoms with Crippen molar-refractivity contribution < 1.29 is 27.5 Å². The number of rotatable bonds is 7. The average molecular weight is 666 g/mol. The number of aromatic nitrogens is 4. The van der Waals surface area contributed by atoms with Gasteiger partial charge in [-0.1, -0.05) is 6.07 Å².